The highest BCUT2D eigenvalue weighted by atomic mass is 16.2. The molecule has 20 heavy (non-hydrogen) atoms. The van der Waals surface area contributed by atoms with Gasteiger partial charge in [0.2, 0.25) is 11.8 Å². The summed E-state index contributed by atoms with van der Waals surface area (Å²) < 4.78 is 0. The molecule has 0 bridgehead atoms. The lowest BCUT2D eigenvalue weighted by Crippen LogP contribution is -2.48. The molecule has 2 saturated heterocycles. The van der Waals surface area contributed by atoms with E-state index in [-0.39, 0.29) is 5.91 Å². The SMILES string of the molecule is C=CC(=O)N1CCN(CCCN2CCCCC2=O)CC1. The topological polar surface area (TPSA) is 43.9 Å². The van der Waals surface area contributed by atoms with Crippen LogP contribution in [0.1, 0.15) is 25.7 Å². The third-order valence-electron chi connectivity index (χ3n) is 4.18. The zero-order valence-corrected chi connectivity index (χ0v) is 12.2. The molecule has 2 aliphatic rings. The zero-order chi connectivity index (χ0) is 14.4. The summed E-state index contributed by atoms with van der Waals surface area (Å²) in [7, 11) is 0. The predicted octanol–water partition coefficient (Wildman–Crippen LogP) is 0.719. The van der Waals surface area contributed by atoms with Crippen molar-refractivity contribution in [1.29, 1.82) is 0 Å². The van der Waals surface area contributed by atoms with Crippen molar-refractivity contribution in [1.82, 2.24) is 14.7 Å². The molecule has 0 aliphatic carbocycles. The third-order valence-corrected chi connectivity index (χ3v) is 4.18. The highest BCUT2D eigenvalue weighted by Gasteiger charge is 2.20. The van der Waals surface area contributed by atoms with E-state index >= 15 is 0 Å². The Morgan fingerprint density at radius 1 is 1.10 bits per heavy atom. The Bertz CT molecular complexity index is 362. The van der Waals surface area contributed by atoms with Crippen LogP contribution < -0.4 is 0 Å². The van der Waals surface area contributed by atoms with Crippen molar-refractivity contribution in [2.24, 2.45) is 0 Å². The Morgan fingerprint density at radius 3 is 2.50 bits per heavy atom. The second kappa shape index (κ2) is 7.43. The Labute approximate surface area is 121 Å². The lowest BCUT2D eigenvalue weighted by Gasteiger charge is -2.35. The summed E-state index contributed by atoms with van der Waals surface area (Å²) in [5.74, 6) is 0.348. The maximum absolute atomic E-state index is 11.7. The number of amides is 2. The first-order chi connectivity index (χ1) is 9.70. The normalized spacial score (nSPS) is 21.1. The molecule has 2 aliphatic heterocycles. The number of piperidine rings is 1. The molecule has 0 aromatic carbocycles. The number of piperazine rings is 1. The molecule has 112 valence electrons. The highest BCUT2D eigenvalue weighted by Crippen LogP contribution is 2.11. The molecule has 0 radical (unpaired) electrons. The molecule has 2 heterocycles. The van der Waals surface area contributed by atoms with Crippen molar-refractivity contribution < 1.29 is 9.59 Å². The molecule has 0 saturated carbocycles. The first-order valence-corrected chi connectivity index (χ1v) is 7.62. The average molecular weight is 279 g/mol. The van der Waals surface area contributed by atoms with Crippen LogP contribution in [0.5, 0.6) is 0 Å². The summed E-state index contributed by atoms with van der Waals surface area (Å²) in [5, 5.41) is 0. The molecular formula is C15H25N3O2. The number of nitrogens with zero attached hydrogens (tertiary/aromatic N) is 3. The summed E-state index contributed by atoms with van der Waals surface area (Å²) in [6, 6.07) is 0. The van der Waals surface area contributed by atoms with Gasteiger partial charge in [-0.25, -0.2) is 0 Å². The largest absolute Gasteiger partial charge is 0.343 e. The van der Waals surface area contributed by atoms with Crippen molar-refractivity contribution >= 4 is 11.8 Å². The Morgan fingerprint density at radius 2 is 1.85 bits per heavy atom. The first kappa shape index (κ1) is 15.0. The summed E-state index contributed by atoms with van der Waals surface area (Å²) in [6.07, 6.45) is 5.34. The fourth-order valence-corrected chi connectivity index (χ4v) is 2.90. The summed E-state index contributed by atoms with van der Waals surface area (Å²) in [4.78, 5) is 29.4. The van der Waals surface area contributed by atoms with E-state index in [1.807, 2.05) is 9.80 Å². The van der Waals surface area contributed by atoms with E-state index in [4.69, 9.17) is 0 Å². The second-order valence-electron chi connectivity index (χ2n) is 5.56. The molecule has 2 amide bonds. The van der Waals surface area contributed by atoms with E-state index in [0.717, 1.165) is 71.5 Å². The maximum atomic E-state index is 11.7. The fraction of sp³-hybridized carbons (Fsp3) is 0.733. The van der Waals surface area contributed by atoms with E-state index in [9.17, 15) is 9.59 Å². The number of likely N-dealkylation sites (tertiary alicyclic amines) is 1. The molecule has 0 unspecified atom stereocenters. The van der Waals surface area contributed by atoms with Crippen molar-refractivity contribution in [2.75, 3.05) is 45.8 Å². The van der Waals surface area contributed by atoms with E-state index in [1.54, 1.807) is 0 Å². The molecular weight excluding hydrogens is 254 g/mol. The van der Waals surface area contributed by atoms with Crippen LogP contribution in [0.25, 0.3) is 0 Å². The molecule has 5 nitrogen and oxygen atoms in total. The van der Waals surface area contributed by atoms with Crippen LogP contribution in [0.15, 0.2) is 12.7 Å². The lowest BCUT2D eigenvalue weighted by atomic mass is 10.1. The van der Waals surface area contributed by atoms with Gasteiger partial charge in [-0.3, -0.25) is 14.5 Å². The van der Waals surface area contributed by atoms with E-state index in [0.29, 0.717) is 5.91 Å². The number of hydrogen-bond donors (Lipinski definition) is 0. The third kappa shape index (κ3) is 4.07. The minimum absolute atomic E-state index is 0.0311. The summed E-state index contributed by atoms with van der Waals surface area (Å²) >= 11 is 0. The van der Waals surface area contributed by atoms with Crippen molar-refractivity contribution in [2.45, 2.75) is 25.7 Å². The molecule has 0 aromatic rings. The van der Waals surface area contributed by atoms with Crippen LogP contribution in [-0.2, 0) is 9.59 Å². The number of carbonyl (C=O) groups excluding carboxylic acids is 2. The Hall–Kier alpha value is -1.36. The standard InChI is InChI=1S/C15H25N3O2/c1-2-14(19)18-12-10-16(11-13-18)7-5-9-17-8-4-3-6-15(17)20/h2H,1,3-13H2. The van der Waals surface area contributed by atoms with E-state index in [1.165, 1.54) is 6.08 Å². The molecule has 2 fully saturated rings. The fourth-order valence-electron chi connectivity index (χ4n) is 2.90. The van der Waals surface area contributed by atoms with Crippen molar-refractivity contribution in [3.8, 4) is 0 Å². The lowest BCUT2D eigenvalue weighted by molar-refractivity contribution is -0.133. The molecule has 0 spiro atoms. The van der Waals surface area contributed by atoms with Crippen LogP contribution in [0.4, 0.5) is 0 Å². The van der Waals surface area contributed by atoms with Crippen LogP contribution in [-0.4, -0.2) is 72.3 Å². The van der Waals surface area contributed by atoms with Gasteiger partial charge in [-0.2, -0.15) is 0 Å². The van der Waals surface area contributed by atoms with Gasteiger partial charge < -0.3 is 9.80 Å². The highest BCUT2D eigenvalue weighted by molar-refractivity contribution is 5.87. The van der Waals surface area contributed by atoms with Gasteiger partial charge in [0.1, 0.15) is 0 Å². The van der Waals surface area contributed by atoms with Gasteiger partial charge in [-0.1, -0.05) is 6.58 Å². The average Bonchev–Trinajstić information content (AvgIpc) is 2.49. The second-order valence-corrected chi connectivity index (χ2v) is 5.56. The quantitative estimate of drug-likeness (QED) is 0.697. The van der Waals surface area contributed by atoms with Gasteiger partial charge in [-0.05, 0) is 31.9 Å². The van der Waals surface area contributed by atoms with Crippen molar-refractivity contribution in [3.63, 3.8) is 0 Å². The van der Waals surface area contributed by atoms with E-state index in [2.05, 4.69) is 11.5 Å². The smallest absolute Gasteiger partial charge is 0.246 e. The van der Waals surface area contributed by atoms with Crippen LogP contribution in [0, 0.1) is 0 Å². The Kier molecular flexibility index (Phi) is 5.59. The van der Waals surface area contributed by atoms with Gasteiger partial charge in [0.05, 0.1) is 0 Å². The first-order valence-electron chi connectivity index (χ1n) is 7.62. The number of rotatable bonds is 5. The number of carbonyl (C=O) groups is 2. The van der Waals surface area contributed by atoms with Gasteiger partial charge in [0, 0.05) is 45.7 Å². The summed E-state index contributed by atoms with van der Waals surface area (Å²) in [5.41, 5.74) is 0. The van der Waals surface area contributed by atoms with E-state index < -0.39 is 0 Å². The van der Waals surface area contributed by atoms with Gasteiger partial charge in [0.15, 0.2) is 0 Å². The predicted molar refractivity (Wildman–Crippen MR) is 78.3 cm³/mol. The van der Waals surface area contributed by atoms with Crippen molar-refractivity contribution in [3.05, 3.63) is 12.7 Å². The van der Waals surface area contributed by atoms with Gasteiger partial charge >= 0.3 is 0 Å². The molecule has 0 aromatic heterocycles. The minimum Gasteiger partial charge on any atom is -0.343 e. The monoisotopic (exact) mass is 279 g/mol. The Balaban J connectivity index is 1.62. The maximum Gasteiger partial charge on any atom is 0.246 e. The summed E-state index contributed by atoms with van der Waals surface area (Å²) in [6.45, 7) is 9.76. The van der Waals surface area contributed by atoms with Gasteiger partial charge in [-0.15, -0.1) is 0 Å². The number of hydrogen-bond acceptors (Lipinski definition) is 3. The molecule has 0 atom stereocenters. The molecule has 2 rings (SSSR count). The minimum atomic E-state index is 0.0311. The van der Waals surface area contributed by atoms with Crippen LogP contribution >= 0.6 is 0 Å². The van der Waals surface area contributed by atoms with Gasteiger partial charge in [0.25, 0.3) is 0 Å². The molecule has 0 N–H and O–H groups in total. The van der Waals surface area contributed by atoms with Crippen LogP contribution in [0.3, 0.4) is 0 Å². The van der Waals surface area contributed by atoms with Crippen LogP contribution in [0.2, 0.25) is 0 Å². The molecule has 5 heteroatoms. The zero-order valence-electron chi connectivity index (χ0n) is 12.2.